The number of hydrazine groups is 1. The first-order valence-electron chi connectivity index (χ1n) is 7.55. The molecule has 2 aliphatic heterocycles. The van der Waals surface area contributed by atoms with Crippen LogP contribution in [0.15, 0.2) is 23.1 Å². The van der Waals surface area contributed by atoms with E-state index in [1.54, 1.807) is 16.0 Å². The van der Waals surface area contributed by atoms with Crippen LogP contribution in [0.4, 0.5) is 4.79 Å². The van der Waals surface area contributed by atoms with Crippen molar-refractivity contribution < 1.29 is 14.4 Å². The number of carbonyl (C=O) groups excluding carboxylic acids is 3. The lowest BCUT2D eigenvalue weighted by Crippen LogP contribution is -2.54. The molecule has 0 unspecified atom stereocenters. The molecular weight excluding hydrogens is 352 g/mol. The Morgan fingerprint density at radius 2 is 2.04 bits per heavy atom. The third-order valence-corrected chi connectivity index (χ3v) is 5.46. The summed E-state index contributed by atoms with van der Waals surface area (Å²) in [5, 5.41) is 2.23. The molecule has 0 spiro atoms. The monoisotopic (exact) mass is 368 g/mol. The Kier molecular flexibility index (Phi) is 5.27. The molecule has 1 aromatic carbocycles. The zero-order chi connectivity index (χ0) is 17.1. The first-order valence-corrected chi connectivity index (χ1v) is 8.74. The summed E-state index contributed by atoms with van der Waals surface area (Å²) in [4.78, 5) is 39.2. The number of rotatable bonds is 4. The Morgan fingerprint density at radius 1 is 1.29 bits per heavy atom. The first kappa shape index (κ1) is 17.1. The lowest BCUT2D eigenvalue weighted by atomic mass is 10.2. The van der Waals surface area contributed by atoms with E-state index in [1.165, 1.54) is 4.90 Å². The van der Waals surface area contributed by atoms with E-state index in [-0.39, 0.29) is 17.7 Å². The Bertz CT molecular complexity index is 664. The number of amides is 3. The molecule has 0 bridgehead atoms. The number of hydrogen-bond donors (Lipinski definition) is 1. The van der Waals surface area contributed by atoms with E-state index in [2.05, 4.69) is 5.43 Å². The number of piperazine rings is 1. The lowest BCUT2D eigenvalue weighted by Gasteiger charge is -2.35. The van der Waals surface area contributed by atoms with Gasteiger partial charge in [0.15, 0.2) is 0 Å². The van der Waals surface area contributed by atoms with Gasteiger partial charge in [-0.1, -0.05) is 17.7 Å². The molecule has 2 heterocycles. The van der Waals surface area contributed by atoms with E-state index in [0.717, 1.165) is 22.2 Å². The van der Waals surface area contributed by atoms with Gasteiger partial charge in [0.2, 0.25) is 12.3 Å². The number of fused-ring (bicyclic) bond motifs is 1. The Balaban J connectivity index is 1.60. The van der Waals surface area contributed by atoms with Crippen LogP contribution in [0.25, 0.3) is 0 Å². The molecule has 0 atom stereocenters. The largest absolute Gasteiger partial charge is 0.338 e. The number of nitrogens with one attached hydrogen (secondary N) is 1. The van der Waals surface area contributed by atoms with Crippen LogP contribution in [0.1, 0.15) is 5.56 Å². The van der Waals surface area contributed by atoms with Gasteiger partial charge in [-0.2, -0.15) is 0 Å². The van der Waals surface area contributed by atoms with Crippen molar-refractivity contribution in [1.29, 1.82) is 0 Å². The molecule has 7 nitrogen and oxygen atoms in total. The molecule has 1 aromatic rings. The Labute approximate surface area is 148 Å². The third-order valence-electron chi connectivity index (χ3n) is 4.07. The Hall–Kier alpha value is -1.77. The molecule has 1 N–H and O–H groups in total. The summed E-state index contributed by atoms with van der Waals surface area (Å²) in [6.07, 6.45) is 0.627. The molecule has 1 fully saturated rings. The van der Waals surface area contributed by atoms with Gasteiger partial charge in [-0.25, -0.2) is 5.01 Å². The lowest BCUT2D eigenvalue weighted by molar-refractivity contribution is -0.134. The first-order chi connectivity index (χ1) is 11.6. The summed E-state index contributed by atoms with van der Waals surface area (Å²) in [5.74, 6) is -0.0924. The molecule has 0 aromatic heterocycles. The number of carbonyl (C=O) groups is 3. The molecule has 9 heteroatoms. The zero-order valence-electron chi connectivity index (χ0n) is 12.9. The van der Waals surface area contributed by atoms with Crippen LogP contribution in [0, 0.1) is 0 Å². The second kappa shape index (κ2) is 7.42. The van der Waals surface area contributed by atoms with Gasteiger partial charge in [-0.05, 0) is 23.9 Å². The fourth-order valence-corrected chi connectivity index (χ4v) is 3.93. The maximum Gasteiger partial charge on any atom is 0.287 e. The summed E-state index contributed by atoms with van der Waals surface area (Å²) in [6.45, 7) is 2.57. The van der Waals surface area contributed by atoms with E-state index in [0.29, 0.717) is 44.2 Å². The standard InChI is InChI=1S/C15H17ClN4O3S/c16-12-2-1-3-13-11(12)8-19(15(23)24-13)9-14(22)18-4-6-20(7-5-18)17-10-21/h1-3,10H,4-9H2,(H,17,21). The van der Waals surface area contributed by atoms with Gasteiger partial charge in [0.1, 0.15) is 6.54 Å². The van der Waals surface area contributed by atoms with Crippen molar-refractivity contribution in [2.45, 2.75) is 11.4 Å². The minimum Gasteiger partial charge on any atom is -0.338 e. The minimum absolute atomic E-state index is 0.0393. The predicted octanol–water partition coefficient (Wildman–Crippen LogP) is 1.17. The second-order valence-electron chi connectivity index (χ2n) is 5.56. The van der Waals surface area contributed by atoms with E-state index in [4.69, 9.17) is 11.6 Å². The van der Waals surface area contributed by atoms with Gasteiger partial charge in [-0.15, -0.1) is 0 Å². The van der Waals surface area contributed by atoms with Gasteiger partial charge in [-0.3, -0.25) is 19.8 Å². The van der Waals surface area contributed by atoms with Gasteiger partial charge in [0.05, 0.1) is 0 Å². The van der Waals surface area contributed by atoms with Crippen molar-refractivity contribution in [3.8, 4) is 0 Å². The average Bonchev–Trinajstić information content (AvgIpc) is 2.57. The van der Waals surface area contributed by atoms with Gasteiger partial charge in [0.25, 0.3) is 5.24 Å². The molecule has 24 heavy (non-hydrogen) atoms. The van der Waals surface area contributed by atoms with Gasteiger partial charge >= 0.3 is 0 Å². The summed E-state index contributed by atoms with van der Waals surface area (Å²) in [7, 11) is 0. The molecule has 0 aliphatic carbocycles. The van der Waals surface area contributed by atoms with E-state index in [9.17, 15) is 14.4 Å². The van der Waals surface area contributed by atoms with Crippen molar-refractivity contribution in [3.63, 3.8) is 0 Å². The summed E-state index contributed by atoms with van der Waals surface area (Å²) in [6, 6.07) is 5.47. The van der Waals surface area contributed by atoms with Crippen LogP contribution in [0.3, 0.4) is 0 Å². The maximum atomic E-state index is 12.5. The van der Waals surface area contributed by atoms with Crippen molar-refractivity contribution in [3.05, 3.63) is 28.8 Å². The van der Waals surface area contributed by atoms with Crippen LogP contribution in [0.5, 0.6) is 0 Å². The quantitative estimate of drug-likeness (QED) is 0.808. The fraction of sp³-hybridized carbons (Fsp3) is 0.400. The van der Waals surface area contributed by atoms with E-state index < -0.39 is 0 Å². The smallest absolute Gasteiger partial charge is 0.287 e. The topological polar surface area (TPSA) is 73.0 Å². The number of nitrogens with zero attached hydrogens (tertiary/aromatic N) is 3. The van der Waals surface area contributed by atoms with Crippen LogP contribution in [0.2, 0.25) is 5.02 Å². The highest BCUT2D eigenvalue weighted by Crippen LogP contribution is 2.35. The average molecular weight is 369 g/mol. The highest BCUT2D eigenvalue weighted by molar-refractivity contribution is 8.13. The predicted molar refractivity (Wildman–Crippen MR) is 90.5 cm³/mol. The van der Waals surface area contributed by atoms with Crippen LogP contribution < -0.4 is 5.43 Å². The van der Waals surface area contributed by atoms with E-state index >= 15 is 0 Å². The molecule has 2 aliphatic rings. The van der Waals surface area contributed by atoms with Gasteiger partial charge in [0, 0.05) is 48.2 Å². The second-order valence-corrected chi connectivity index (χ2v) is 6.96. The van der Waals surface area contributed by atoms with Crippen LogP contribution in [-0.2, 0) is 16.1 Å². The molecule has 0 radical (unpaired) electrons. The maximum absolute atomic E-state index is 12.5. The fourth-order valence-electron chi connectivity index (χ4n) is 2.75. The highest BCUT2D eigenvalue weighted by Gasteiger charge is 2.29. The van der Waals surface area contributed by atoms with Crippen molar-refractivity contribution in [1.82, 2.24) is 20.2 Å². The molecule has 0 saturated carbocycles. The van der Waals surface area contributed by atoms with Crippen LogP contribution in [-0.4, -0.2) is 65.1 Å². The van der Waals surface area contributed by atoms with Crippen molar-refractivity contribution in [2.24, 2.45) is 0 Å². The molecular formula is C15H17ClN4O3S. The third kappa shape index (κ3) is 3.66. The molecule has 3 rings (SSSR count). The summed E-state index contributed by atoms with van der Waals surface area (Å²) < 4.78 is 0. The number of hydrogen-bond acceptors (Lipinski definition) is 5. The Morgan fingerprint density at radius 3 is 2.75 bits per heavy atom. The minimum atomic E-state index is -0.139. The van der Waals surface area contributed by atoms with Crippen molar-refractivity contribution >= 4 is 40.9 Å². The van der Waals surface area contributed by atoms with Gasteiger partial charge < -0.3 is 9.80 Å². The highest BCUT2D eigenvalue weighted by atomic mass is 35.5. The van der Waals surface area contributed by atoms with Crippen molar-refractivity contribution in [2.75, 3.05) is 32.7 Å². The van der Waals surface area contributed by atoms with E-state index in [1.807, 2.05) is 12.1 Å². The SMILES string of the molecule is O=CNN1CCN(C(=O)CN2Cc3c(Cl)cccc3SC2=O)CC1. The number of thioether (sulfide) groups is 1. The number of halogens is 1. The normalized spacial score (nSPS) is 18.3. The summed E-state index contributed by atoms with van der Waals surface area (Å²) >= 11 is 7.30. The van der Waals surface area contributed by atoms with Crippen LogP contribution >= 0.6 is 23.4 Å². The summed E-state index contributed by atoms with van der Waals surface area (Å²) in [5.41, 5.74) is 3.47. The number of benzene rings is 1. The molecule has 1 saturated heterocycles. The zero-order valence-corrected chi connectivity index (χ0v) is 14.5. The molecule has 128 valence electrons. The molecule has 3 amide bonds.